The van der Waals surface area contributed by atoms with E-state index in [0.29, 0.717) is 5.69 Å². The molecule has 1 aromatic carbocycles. The SMILES string of the molecule is CC(=O)OCc1cc(-c2ccc(F)cc2F)on1. The molecule has 0 unspecified atom stereocenters. The molecule has 0 radical (unpaired) electrons. The molecule has 0 N–H and O–H groups in total. The molecule has 0 atom stereocenters. The summed E-state index contributed by atoms with van der Waals surface area (Å²) in [4.78, 5) is 10.6. The van der Waals surface area contributed by atoms with Gasteiger partial charge in [0.2, 0.25) is 0 Å². The Morgan fingerprint density at radius 2 is 2.17 bits per heavy atom. The van der Waals surface area contributed by atoms with Gasteiger partial charge in [0, 0.05) is 19.1 Å². The maximum Gasteiger partial charge on any atom is 0.303 e. The summed E-state index contributed by atoms with van der Waals surface area (Å²) in [7, 11) is 0. The number of nitrogens with zero attached hydrogens (tertiary/aromatic N) is 1. The number of halogens is 2. The summed E-state index contributed by atoms with van der Waals surface area (Å²) < 4.78 is 35.8. The summed E-state index contributed by atoms with van der Waals surface area (Å²) in [5.41, 5.74) is 0.446. The topological polar surface area (TPSA) is 52.3 Å². The molecule has 0 aliphatic carbocycles. The lowest BCUT2D eigenvalue weighted by molar-refractivity contribution is -0.142. The first-order valence-electron chi connectivity index (χ1n) is 5.10. The van der Waals surface area contributed by atoms with Gasteiger partial charge < -0.3 is 9.26 Å². The van der Waals surface area contributed by atoms with E-state index in [2.05, 4.69) is 5.16 Å². The second-order valence-electron chi connectivity index (χ2n) is 3.59. The second-order valence-corrected chi connectivity index (χ2v) is 3.59. The molecule has 6 heteroatoms. The molecule has 4 nitrogen and oxygen atoms in total. The number of carbonyl (C=O) groups is 1. The number of hydrogen-bond donors (Lipinski definition) is 0. The molecule has 1 aromatic heterocycles. The zero-order valence-electron chi connectivity index (χ0n) is 9.44. The van der Waals surface area contributed by atoms with E-state index in [1.807, 2.05) is 0 Å². The van der Waals surface area contributed by atoms with Crippen molar-refractivity contribution in [3.05, 3.63) is 41.6 Å². The highest BCUT2D eigenvalue weighted by Crippen LogP contribution is 2.24. The van der Waals surface area contributed by atoms with Crippen molar-refractivity contribution in [1.29, 1.82) is 0 Å². The number of esters is 1. The highest BCUT2D eigenvalue weighted by atomic mass is 19.1. The number of ether oxygens (including phenoxy) is 1. The van der Waals surface area contributed by atoms with E-state index in [9.17, 15) is 13.6 Å². The zero-order chi connectivity index (χ0) is 13.1. The van der Waals surface area contributed by atoms with Gasteiger partial charge in [0.05, 0.1) is 5.56 Å². The average molecular weight is 253 g/mol. The van der Waals surface area contributed by atoms with Crippen molar-refractivity contribution >= 4 is 5.97 Å². The molecule has 94 valence electrons. The summed E-state index contributed by atoms with van der Waals surface area (Å²) in [5.74, 6) is -1.72. The van der Waals surface area contributed by atoms with Crippen LogP contribution in [-0.2, 0) is 16.1 Å². The fraction of sp³-hybridized carbons (Fsp3) is 0.167. The van der Waals surface area contributed by atoms with Crippen molar-refractivity contribution < 1.29 is 22.8 Å². The zero-order valence-corrected chi connectivity index (χ0v) is 9.44. The Labute approximate surface area is 101 Å². The van der Waals surface area contributed by atoms with Gasteiger partial charge in [-0.2, -0.15) is 0 Å². The molecule has 0 aliphatic rings. The fourth-order valence-corrected chi connectivity index (χ4v) is 1.37. The van der Waals surface area contributed by atoms with Crippen molar-refractivity contribution in [3.63, 3.8) is 0 Å². The van der Waals surface area contributed by atoms with Crippen LogP contribution in [0.4, 0.5) is 8.78 Å². The molecule has 1 heterocycles. The molecule has 0 saturated heterocycles. The molecule has 0 saturated carbocycles. The number of hydrogen-bond acceptors (Lipinski definition) is 4. The standard InChI is InChI=1S/C12H9F2NO3/c1-7(16)17-6-9-5-12(18-15-9)10-3-2-8(13)4-11(10)14/h2-5H,6H2,1H3. The lowest BCUT2D eigenvalue weighted by atomic mass is 10.1. The summed E-state index contributed by atoms with van der Waals surface area (Å²) in [6, 6.07) is 4.55. The first-order chi connectivity index (χ1) is 8.56. The number of rotatable bonds is 3. The average Bonchev–Trinajstić information content (AvgIpc) is 2.75. The normalized spacial score (nSPS) is 10.4. The first-order valence-corrected chi connectivity index (χ1v) is 5.10. The van der Waals surface area contributed by atoms with Crippen LogP contribution in [0.3, 0.4) is 0 Å². The third-order valence-electron chi connectivity index (χ3n) is 2.18. The predicted molar refractivity (Wildman–Crippen MR) is 57.3 cm³/mol. The van der Waals surface area contributed by atoms with Gasteiger partial charge in [-0.05, 0) is 12.1 Å². The van der Waals surface area contributed by atoms with Gasteiger partial charge in [0.15, 0.2) is 5.76 Å². The van der Waals surface area contributed by atoms with Crippen molar-refractivity contribution in [2.24, 2.45) is 0 Å². The summed E-state index contributed by atoms with van der Waals surface area (Å²) >= 11 is 0. The monoisotopic (exact) mass is 253 g/mol. The molecule has 0 bridgehead atoms. The number of benzene rings is 1. The minimum Gasteiger partial charge on any atom is -0.459 e. The van der Waals surface area contributed by atoms with Gasteiger partial charge in [-0.15, -0.1) is 0 Å². The molecule has 0 fully saturated rings. The van der Waals surface area contributed by atoms with Crippen LogP contribution in [0.15, 0.2) is 28.8 Å². The Kier molecular flexibility index (Phi) is 3.36. The molecule has 0 amide bonds. The van der Waals surface area contributed by atoms with Gasteiger partial charge in [0.25, 0.3) is 0 Å². The Morgan fingerprint density at radius 3 is 2.83 bits per heavy atom. The first kappa shape index (κ1) is 12.2. The molecule has 0 aliphatic heterocycles. The third kappa shape index (κ3) is 2.71. The van der Waals surface area contributed by atoms with Crippen molar-refractivity contribution in [2.75, 3.05) is 0 Å². The van der Waals surface area contributed by atoms with Crippen LogP contribution >= 0.6 is 0 Å². The lowest BCUT2D eigenvalue weighted by Gasteiger charge is -1.97. The fourth-order valence-electron chi connectivity index (χ4n) is 1.37. The molecular formula is C12H9F2NO3. The van der Waals surface area contributed by atoms with Crippen LogP contribution in [0.1, 0.15) is 12.6 Å². The molecular weight excluding hydrogens is 244 g/mol. The Bertz CT molecular complexity index is 580. The minimum absolute atomic E-state index is 0.0539. The van der Waals surface area contributed by atoms with Gasteiger partial charge in [-0.25, -0.2) is 8.78 Å². The van der Waals surface area contributed by atoms with Crippen molar-refractivity contribution in [2.45, 2.75) is 13.5 Å². The second kappa shape index (κ2) is 4.95. The van der Waals surface area contributed by atoms with E-state index in [1.165, 1.54) is 19.1 Å². The molecule has 2 aromatic rings. The van der Waals surface area contributed by atoms with Gasteiger partial charge >= 0.3 is 5.97 Å². The largest absolute Gasteiger partial charge is 0.459 e. The number of carbonyl (C=O) groups excluding carboxylic acids is 1. The predicted octanol–water partition coefficient (Wildman–Crippen LogP) is 2.68. The quantitative estimate of drug-likeness (QED) is 0.789. The molecule has 0 spiro atoms. The van der Waals surface area contributed by atoms with Crippen LogP contribution in [-0.4, -0.2) is 11.1 Å². The highest BCUT2D eigenvalue weighted by molar-refractivity contribution is 5.66. The summed E-state index contributed by atoms with van der Waals surface area (Å²) in [6.07, 6.45) is 0. The lowest BCUT2D eigenvalue weighted by Crippen LogP contribution is -1.98. The van der Waals surface area contributed by atoms with Crippen LogP contribution in [0.2, 0.25) is 0 Å². The van der Waals surface area contributed by atoms with Crippen molar-refractivity contribution in [1.82, 2.24) is 5.16 Å². The molecule has 2 rings (SSSR count). The van der Waals surface area contributed by atoms with Crippen molar-refractivity contribution in [3.8, 4) is 11.3 Å². The minimum atomic E-state index is -0.745. The van der Waals surface area contributed by atoms with E-state index in [0.717, 1.165) is 12.1 Å². The number of aromatic nitrogens is 1. The Balaban J connectivity index is 2.21. The molecule has 18 heavy (non-hydrogen) atoms. The maximum absolute atomic E-state index is 13.4. The van der Waals surface area contributed by atoms with E-state index < -0.39 is 17.6 Å². The van der Waals surface area contributed by atoms with E-state index in [-0.39, 0.29) is 17.9 Å². The van der Waals surface area contributed by atoms with E-state index >= 15 is 0 Å². The van der Waals surface area contributed by atoms with Crippen LogP contribution in [0.25, 0.3) is 11.3 Å². The van der Waals surface area contributed by atoms with Gasteiger partial charge in [0.1, 0.15) is 23.9 Å². The Hall–Kier alpha value is -2.24. The summed E-state index contributed by atoms with van der Waals surface area (Å²) in [5, 5.41) is 3.62. The van der Waals surface area contributed by atoms with E-state index in [4.69, 9.17) is 9.26 Å². The Morgan fingerprint density at radius 1 is 1.39 bits per heavy atom. The van der Waals surface area contributed by atoms with Crippen LogP contribution in [0.5, 0.6) is 0 Å². The third-order valence-corrected chi connectivity index (χ3v) is 2.18. The highest BCUT2D eigenvalue weighted by Gasteiger charge is 2.12. The van der Waals surface area contributed by atoms with Crippen LogP contribution < -0.4 is 0 Å². The maximum atomic E-state index is 13.4. The smallest absolute Gasteiger partial charge is 0.303 e. The summed E-state index contributed by atoms with van der Waals surface area (Å²) in [6.45, 7) is 1.21. The van der Waals surface area contributed by atoms with Crippen LogP contribution in [0, 0.1) is 11.6 Å². The van der Waals surface area contributed by atoms with Gasteiger partial charge in [-0.3, -0.25) is 4.79 Å². The van der Waals surface area contributed by atoms with Gasteiger partial charge in [-0.1, -0.05) is 5.16 Å². The van der Waals surface area contributed by atoms with E-state index in [1.54, 1.807) is 0 Å².